The number of benzene rings is 1. The lowest BCUT2D eigenvalue weighted by atomic mass is 10.1. The molecular weight excluding hydrogens is 242 g/mol. The molecule has 1 aromatic carbocycles. The Hall–Kier alpha value is -2.30. The van der Waals surface area contributed by atoms with E-state index in [9.17, 15) is 4.79 Å². The van der Waals surface area contributed by atoms with E-state index in [-0.39, 0.29) is 12.5 Å². The number of fused-ring (bicyclic) bond motifs is 1. The monoisotopic (exact) mass is 257 g/mol. The van der Waals surface area contributed by atoms with Gasteiger partial charge in [0.1, 0.15) is 11.6 Å². The molecule has 5 nitrogen and oxygen atoms in total. The van der Waals surface area contributed by atoms with Crippen molar-refractivity contribution in [2.75, 3.05) is 11.9 Å². The van der Waals surface area contributed by atoms with E-state index in [1.54, 1.807) is 12.3 Å². The molecule has 5 heteroatoms. The molecule has 0 fully saturated rings. The highest BCUT2D eigenvalue weighted by molar-refractivity contribution is 5.90. The predicted molar refractivity (Wildman–Crippen MR) is 71.2 cm³/mol. The Morgan fingerprint density at radius 3 is 3.05 bits per heavy atom. The molecule has 1 heterocycles. The van der Waals surface area contributed by atoms with E-state index < -0.39 is 0 Å². The fraction of sp³-hybridized carbons (Fsp3) is 0.286. The van der Waals surface area contributed by atoms with Gasteiger partial charge < -0.3 is 10.1 Å². The van der Waals surface area contributed by atoms with Gasteiger partial charge in [-0.3, -0.25) is 9.89 Å². The first kappa shape index (κ1) is 11.8. The van der Waals surface area contributed by atoms with Crippen molar-refractivity contribution < 1.29 is 9.53 Å². The summed E-state index contributed by atoms with van der Waals surface area (Å²) in [5.41, 5.74) is 2.74. The number of rotatable bonds is 4. The van der Waals surface area contributed by atoms with E-state index in [1.165, 1.54) is 17.5 Å². The van der Waals surface area contributed by atoms with Crippen LogP contribution >= 0.6 is 0 Å². The Balaban J connectivity index is 1.56. The Bertz CT molecular complexity index is 578. The number of nitrogens with one attached hydrogen (secondary N) is 2. The Morgan fingerprint density at radius 1 is 1.32 bits per heavy atom. The summed E-state index contributed by atoms with van der Waals surface area (Å²) in [7, 11) is 0. The molecule has 1 amide bonds. The molecule has 2 aromatic rings. The SMILES string of the molecule is O=C(COc1ccc2c(c1)CCC2)Nc1ccn[nH]1. The van der Waals surface area contributed by atoms with Crippen LogP contribution < -0.4 is 10.1 Å². The van der Waals surface area contributed by atoms with Crippen molar-refractivity contribution in [3.63, 3.8) is 0 Å². The van der Waals surface area contributed by atoms with Crippen LogP contribution in [0.3, 0.4) is 0 Å². The van der Waals surface area contributed by atoms with Gasteiger partial charge in [0.05, 0.1) is 6.20 Å². The Kier molecular flexibility index (Phi) is 3.18. The molecule has 2 N–H and O–H groups in total. The molecule has 0 unspecified atom stereocenters. The minimum Gasteiger partial charge on any atom is -0.484 e. The first-order chi connectivity index (χ1) is 9.31. The van der Waals surface area contributed by atoms with Gasteiger partial charge in [-0.25, -0.2) is 0 Å². The maximum Gasteiger partial charge on any atom is 0.263 e. The van der Waals surface area contributed by atoms with Crippen LogP contribution in [0.1, 0.15) is 17.5 Å². The molecular formula is C14H15N3O2. The molecule has 0 spiro atoms. The van der Waals surface area contributed by atoms with Crippen LogP contribution in [0, 0.1) is 0 Å². The predicted octanol–water partition coefficient (Wildman–Crippen LogP) is 1.92. The van der Waals surface area contributed by atoms with Crippen LogP contribution in [0.15, 0.2) is 30.5 Å². The summed E-state index contributed by atoms with van der Waals surface area (Å²) >= 11 is 0. The maximum atomic E-state index is 11.6. The lowest BCUT2D eigenvalue weighted by Crippen LogP contribution is -2.20. The van der Waals surface area contributed by atoms with E-state index in [1.807, 2.05) is 12.1 Å². The number of aromatic amines is 1. The zero-order valence-corrected chi connectivity index (χ0v) is 10.5. The molecule has 0 radical (unpaired) electrons. The van der Waals surface area contributed by atoms with Crippen molar-refractivity contribution in [2.45, 2.75) is 19.3 Å². The third-order valence-corrected chi connectivity index (χ3v) is 3.21. The molecule has 1 aromatic heterocycles. The summed E-state index contributed by atoms with van der Waals surface area (Å²) in [6.45, 7) is -0.00218. The lowest BCUT2D eigenvalue weighted by molar-refractivity contribution is -0.118. The van der Waals surface area contributed by atoms with Crippen LogP contribution in [0.25, 0.3) is 0 Å². The van der Waals surface area contributed by atoms with Gasteiger partial charge in [-0.05, 0) is 42.5 Å². The van der Waals surface area contributed by atoms with E-state index in [4.69, 9.17) is 4.74 Å². The highest BCUT2D eigenvalue weighted by Gasteiger charge is 2.12. The first-order valence-corrected chi connectivity index (χ1v) is 6.35. The lowest BCUT2D eigenvalue weighted by Gasteiger charge is -2.08. The number of hydrogen-bond donors (Lipinski definition) is 2. The maximum absolute atomic E-state index is 11.6. The quantitative estimate of drug-likeness (QED) is 0.879. The molecule has 19 heavy (non-hydrogen) atoms. The largest absolute Gasteiger partial charge is 0.484 e. The van der Waals surface area contributed by atoms with E-state index in [0.29, 0.717) is 5.82 Å². The zero-order chi connectivity index (χ0) is 13.1. The smallest absolute Gasteiger partial charge is 0.263 e. The van der Waals surface area contributed by atoms with Gasteiger partial charge in [0, 0.05) is 6.07 Å². The van der Waals surface area contributed by atoms with Crippen molar-refractivity contribution in [1.82, 2.24) is 10.2 Å². The average Bonchev–Trinajstić information content (AvgIpc) is 3.06. The summed E-state index contributed by atoms with van der Waals surface area (Å²) in [4.78, 5) is 11.6. The number of anilines is 1. The van der Waals surface area contributed by atoms with E-state index in [2.05, 4.69) is 21.6 Å². The third-order valence-electron chi connectivity index (χ3n) is 3.21. The molecule has 0 aliphatic heterocycles. The summed E-state index contributed by atoms with van der Waals surface area (Å²) in [6.07, 6.45) is 5.04. The van der Waals surface area contributed by atoms with Crippen LogP contribution in [0.5, 0.6) is 5.75 Å². The fourth-order valence-corrected chi connectivity index (χ4v) is 2.30. The molecule has 0 bridgehead atoms. The van der Waals surface area contributed by atoms with Gasteiger partial charge >= 0.3 is 0 Å². The standard InChI is InChI=1S/C14H15N3O2/c18-14(16-13-6-7-15-17-13)9-19-12-5-4-10-2-1-3-11(10)8-12/h4-8H,1-3,9H2,(H2,15,16,17,18). The molecule has 1 aliphatic rings. The van der Waals surface area contributed by atoms with Crippen molar-refractivity contribution in [3.8, 4) is 5.75 Å². The normalized spacial score (nSPS) is 13.1. The minimum absolute atomic E-state index is 0.00218. The first-order valence-electron chi connectivity index (χ1n) is 6.35. The van der Waals surface area contributed by atoms with Crippen LogP contribution in [-0.4, -0.2) is 22.7 Å². The topological polar surface area (TPSA) is 67.0 Å². The molecule has 98 valence electrons. The number of aromatic nitrogens is 2. The summed E-state index contributed by atoms with van der Waals surface area (Å²) in [6, 6.07) is 7.73. The van der Waals surface area contributed by atoms with Gasteiger partial charge in [-0.1, -0.05) is 6.07 Å². The summed E-state index contributed by atoms with van der Waals surface area (Å²) in [5, 5.41) is 9.08. The number of carbonyl (C=O) groups excluding carboxylic acids is 1. The van der Waals surface area contributed by atoms with Gasteiger partial charge in [0.2, 0.25) is 0 Å². The fourth-order valence-electron chi connectivity index (χ4n) is 2.30. The second kappa shape index (κ2) is 5.14. The number of hydrogen-bond acceptors (Lipinski definition) is 3. The number of amides is 1. The highest BCUT2D eigenvalue weighted by atomic mass is 16.5. The number of carbonyl (C=O) groups is 1. The van der Waals surface area contributed by atoms with Gasteiger partial charge in [0.25, 0.3) is 5.91 Å². The number of ether oxygens (including phenoxy) is 1. The van der Waals surface area contributed by atoms with Gasteiger partial charge in [0.15, 0.2) is 6.61 Å². The van der Waals surface area contributed by atoms with Crippen LogP contribution in [-0.2, 0) is 17.6 Å². The van der Waals surface area contributed by atoms with Crippen molar-refractivity contribution in [1.29, 1.82) is 0 Å². The van der Waals surface area contributed by atoms with Crippen LogP contribution in [0.4, 0.5) is 5.82 Å². The molecule has 1 aliphatic carbocycles. The van der Waals surface area contributed by atoms with Crippen molar-refractivity contribution >= 4 is 11.7 Å². The molecule has 0 atom stereocenters. The number of aryl methyl sites for hydroxylation is 2. The second-order valence-electron chi connectivity index (χ2n) is 4.59. The Labute approximate surface area is 111 Å². The molecule has 0 saturated heterocycles. The molecule has 3 rings (SSSR count). The van der Waals surface area contributed by atoms with Crippen molar-refractivity contribution in [2.24, 2.45) is 0 Å². The average molecular weight is 257 g/mol. The van der Waals surface area contributed by atoms with Crippen LogP contribution in [0.2, 0.25) is 0 Å². The van der Waals surface area contributed by atoms with E-state index in [0.717, 1.165) is 18.6 Å². The number of nitrogens with zero attached hydrogens (tertiary/aromatic N) is 1. The molecule has 0 saturated carbocycles. The summed E-state index contributed by atoms with van der Waals surface area (Å²) < 4.78 is 5.50. The third kappa shape index (κ3) is 2.76. The Morgan fingerprint density at radius 2 is 2.21 bits per heavy atom. The van der Waals surface area contributed by atoms with E-state index >= 15 is 0 Å². The zero-order valence-electron chi connectivity index (χ0n) is 10.5. The minimum atomic E-state index is -0.204. The van der Waals surface area contributed by atoms with Gasteiger partial charge in [-0.2, -0.15) is 5.10 Å². The van der Waals surface area contributed by atoms with Crippen molar-refractivity contribution in [3.05, 3.63) is 41.6 Å². The highest BCUT2D eigenvalue weighted by Crippen LogP contribution is 2.25. The van der Waals surface area contributed by atoms with Gasteiger partial charge in [-0.15, -0.1) is 0 Å². The summed E-state index contributed by atoms with van der Waals surface area (Å²) in [5.74, 6) is 1.12. The second-order valence-corrected chi connectivity index (χ2v) is 4.59. The number of H-pyrrole nitrogens is 1.